The average Bonchev–Trinajstić information content (AvgIpc) is 2.91. The third-order valence-electron chi connectivity index (χ3n) is 6.06. The Bertz CT molecular complexity index is 1420. The van der Waals surface area contributed by atoms with E-state index in [9.17, 15) is 22.4 Å². The van der Waals surface area contributed by atoms with Crippen LogP contribution in [0.25, 0.3) is 0 Å². The first kappa shape index (κ1) is 30.4. The van der Waals surface area contributed by atoms with E-state index >= 15 is 0 Å². The summed E-state index contributed by atoms with van der Waals surface area (Å²) in [6.07, 6.45) is 0.699. The van der Waals surface area contributed by atoms with Crippen molar-refractivity contribution in [3.8, 4) is 0 Å². The van der Waals surface area contributed by atoms with Crippen LogP contribution < -0.4 is 9.62 Å². The molecule has 0 saturated heterocycles. The van der Waals surface area contributed by atoms with Crippen molar-refractivity contribution < 1.29 is 22.4 Å². The van der Waals surface area contributed by atoms with Gasteiger partial charge in [0.1, 0.15) is 18.4 Å². The molecule has 7 nitrogen and oxygen atoms in total. The van der Waals surface area contributed by atoms with Crippen LogP contribution in [-0.4, -0.2) is 44.3 Å². The molecule has 0 fully saturated rings. The third kappa shape index (κ3) is 7.71. The lowest BCUT2D eigenvalue weighted by molar-refractivity contribution is -0.139. The van der Waals surface area contributed by atoms with Crippen LogP contribution in [0.2, 0.25) is 10.0 Å². The smallest absolute Gasteiger partial charge is 0.264 e. The molecule has 0 heterocycles. The van der Waals surface area contributed by atoms with Gasteiger partial charge in [0.15, 0.2) is 0 Å². The van der Waals surface area contributed by atoms with Crippen molar-refractivity contribution in [3.63, 3.8) is 0 Å². The van der Waals surface area contributed by atoms with Crippen LogP contribution in [0.4, 0.5) is 10.1 Å². The molecule has 0 saturated carbocycles. The summed E-state index contributed by atoms with van der Waals surface area (Å²) in [5.74, 6) is -1.48. The predicted molar refractivity (Wildman–Crippen MR) is 152 cm³/mol. The van der Waals surface area contributed by atoms with E-state index in [1.54, 1.807) is 19.1 Å². The molecular formula is C28H30Cl2FN3O4S. The summed E-state index contributed by atoms with van der Waals surface area (Å²) in [5.41, 5.74) is 1.56. The van der Waals surface area contributed by atoms with Gasteiger partial charge < -0.3 is 10.2 Å². The van der Waals surface area contributed by atoms with E-state index in [-0.39, 0.29) is 27.2 Å². The van der Waals surface area contributed by atoms with Gasteiger partial charge in [-0.25, -0.2) is 12.8 Å². The zero-order chi connectivity index (χ0) is 28.7. The molecule has 1 N–H and O–H groups in total. The quantitative estimate of drug-likeness (QED) is 0.314. The maximum atomic E-state index is 13.8. The second-order valence-electron chi connectivity index (χ2n) is 9.04. The number of hydrogen-bond acceptors (Lipinski definition) is 4. The van der Waals surface area contributed by atoms with Crippen molar-refractivity contribution >= 4 is 50.7 Å². The summed E-state index contributed by atoms with van der Waals surface area (Å²) in [6, 6.07) is 15.1. The summed E-state index contributed by atoms with van der Waals surface area (Å²) in [7, 11) is -4.23. The molecule has 0 bridgehead atoms. The number of anilines is 1. The van der Waals surface area contributed by atoms with E-state index in [0.29, 0.717) is 18.5 Å². The third-order valence-corrected chi connectivity index (χ3v) is 8.59. The molecule has 39 heavy (non-hydrogen) atoms. The second kappa shape index (κ2) is 13.3. The topological polar surface area (TPSA) is 86.8 Å². The lowest BCUT2D eigenvalue weighted by Crippen LogP contribution is -2.51. The summed E-state index contributed by atoms with van der Waals surface area (Å²) in [4.78, 5) is 27.9. The monoisotopic (exact) mass is 593 g/mol. The highest BCUT2D eigenvalue weighted by atomic mass is 35.5. The standard InChI is InChI=1S/C28H30Cl2FN3O4S/c1-4-15-32-28(36)20(3)33(17-21-7-9-22(31)10-8-21)27(35)18-34(23-11-14-25(29)26(30)16-23)39(37,38)24-12-5-19(2)6-13-24/h5-14,16,20H,4,15,17-18H2,1-3H3,(H,32,36)/t20-/m1/s1. The number of benzene rings is 3. The highest BCUT2D eigenvalue weighted by Crippen LogP contribution is 2.31. The Morgan fingerprint density at radius 2 is 1.62 bits per heavy atom. The Kier molecular flexibility index (Phi) is 10.4. The van der Waals surface area contributed by atoms with Gasteiger partial charge in [-0.2, -0.15) is 0 Å². The molecule has 0 radical (unpaired) electrons. The van der Waals surface area contributed by atoms with Gasteiger partial charge in [-0.05, 0) is 68.3 Å². The molecule has 2 amide bonds. The Labute approximate surface area is 238 Å². The summed E-state index contributed by atoms with van der Waals surface area (Å²) in [5, 5.41) is 3.10. The van der Waals surface area contributed by atoms with E-state index in [2.05, 4.69) is 5.32 Å². The van der Waals surface area contributed by atoms with Crippen LogP contribution in [0, 0.1) is 12.7 Å². The molecule has 11 heteroatoms. The van der Waals surface area contributed by atoms with Crippen LogP contribution in [0.15, 0.2) is 71.6 Å². The van der Waals surface area contributed by atoms with Gasteiger partial charge in [0.2, 0.25) is 11.8 Å². The summed E-state index contributed by atoms with van der Waals surface area (Å²) in [6.45, 7) is 5.04. The molecule has 3 aromatic rings. The first-order valence-electron chi connectivity index (χ1n) is 12.3. The highest BCUT2D eigenvalue weighted by molar-refractivity contribution is 7.92. The molecule has 1 atom stereocenters. The van der Waals surface area contributed by atoms with Crippen LogP contribution in [0.5, 0.6) is 0 Å². The second-order valence-corrected chi connectivity index (χ2v) is 11.7. The van der Waals surface area contributed by atoms with Crippen molar-refractivity contribution in [2.75, 3.05) is 17.4 Å². The zero-order valence-corrected chi connectivity index (χ0v) is 24.2. The molecule has 0 aliphatic heterocycles. The minimum absolute atomic E-state index is 0.0224. The fourth-order valence-corrected chi connectivity index (χ4v) is 5.47. The number of nitrogens with zero attached hydrogens (tertiary/aromatic N) is 2. The Balaban J connectivity index is 2.04. The van der Waals surface area contributed by atoms with Gasteiger partial charge in [0.25, 0.3) is 10.0 Å². The molecule has 0 aliphatic carbocycles. The number of aryl methyl sites for hydroxylation is 1. The van der Waals surface area contributed by atoms with Gasteiger partial charge in [0.05, 0.1) is 20.6 Å². The van der Waals surface area contributed by atoms with Crippen LogP contribution in [0.1, 0.15) is 31.4 Å². The molecule has 0 spiro atoms. The Hall–Kier alpha value is -3.14. The van der Waals surface area contributed by atoms with Crippen LogP contribution >= 0.6 is 23.2 Å². The lowest BCUT2D eigenvalue weighted by atomic mass is 10.1. The number of nitrogens with one attached hydrogen (secondary N) is 1. The van der Waals surface area contributed by atoms with E-state index < -0.39 is 40.2 Å². The fourth-order valence-electron chi connectivity index (χ4n) is 3.77. The molecule has 0 unspecified atom stereocenters. The van der Waals surface area contributed by atoms with Crippen molar-refractivity contribution in [2.45, 2.75) is 44.7 Å². The van der Waals surface area contributed by atoms with Crippen LogP contribution in [0.3, 0.4) is 0 Å². The van der Waals surface area contributed by atoms with Gasteiger partial charge in [-0.15, -0.1) is 0 Å². The Morgan fingerprint density at radius 3 is 2.21 bits per heavy atom. The first-order chi connectivity index (χ1) is 18.4. The van der Waals surface area contributed by atoms with Crippen molar-refractivity contribution in [2.24, 2.45) is 0 Å². The van der Waals surface area contributed by atoms with Gasteiger partial charge >= 0.3 is 0 Å². The van der Waals surface area contributed by atoms with Crippen molar-refractivity contribution in [1.82, 2.24) is 10.2 Å². The van der Waals surface area contributed by atoms with Crippen molar-refractivity contribution in [3.05, 3.63) is 93.7 Å². The van der Waals surface area contributed by atoms with E-state index in [1.807, 2.05) is 13.8 Å². The molecular weight excluding hydrogens is 564 g/mol. The number of rotatable bonds is 11. The highest BCUT2D eigenvalue weighted by Gasteiger charge is 2.32. The fraction of sp³-hybridized carbons (Fsp3) is 0.286. The SMILES string of the molecule is CCCNC(=O)[C@@H](C)N(Cc1ccc(F)cc1)C(=O)CN(c1ccc(Cl)c(Cl)c1)S(=O)(=O)c1ccc(C)cc1. The number of hydrogen-bond donors (Lipinski definition) is 1. The number of sulfonamides is 1. The normalized spacial score (nSPS) is 12.1. The predicted octanol–water partition coefficient (Wildman–Crippen LogP) is 5.58. The van der Waals surface area contributed by atoms with E-state index in [0.717, 1.165) is 9.87 Å². The lowest BCUT2D eigenvalue weighted by Gasteiger charge is -2.32. The van der Waals surface area contributed by atoms with E-state index in [4.69, 9.17) is 23.2 Å². The van der Waals surface area contributed by atoms with Gasteiger partial charge in [-0.1, -0.05) is 60.0 Å². The molecule has 3 aromatic carbocycles. The molecule has 0 aromatic heterocycles. The number of carbonyl (C=O) groups excluding carboxylic acids is 2. The van der Waals surface area contributed by atoms with Gasteiger partial charge in [-0.3, -0.25) is 13.9 Å². The zero-order valence-electron chi connectivity index (χ0n) is 21.8. The largest absolute Gasteiger partial charge is 0.354 e. The summed E-state index contributed by atoms with van der Waals surface area (Å²) < 4.78 is 42.0. The first-order valence-corrected chi connectivity index (χ1v) is 14.5. The minimum Gasteiger partial charge on any atom is -0.354 e. The minimum atomic E-state index is -4.23. The molecule has 0 aliphatic rings. The van der Waals surface area contributed by atoms with Gasteiger partial charge in [0, 0.05) is 13.1 Å². The Morgan fingerprint density at radius 1 is 0.974 bits per heavy atom. The maximum absolute atomic E-state index is 13.8. The van der Waals surface area contributed by atoms with Crippen molar-refractivity contribution in [1.29, 1.82) is 0 Å². The molecule has 3 rings (SSSR count). The number of amides is 2. The number of carbonyl (C=O) groups is 2. The average molecular weight is 595 g/mol. The summed E-state index contributed by atoms with van der Waals surface area (Å²) >= 11 is 12.3. The van der Waals surface area contributed by atoms with Crippen LogP contribution in [-0.2, 0) is 26.2 Å². The van der Waals surface area contributed by atoms with E-state index in [1.165, 1.54) is 59.5 Å². The molecule has 208 valence electrons. The number of halogens is 3. The maximum Gasteiger partial charge on any atom is 0.264 e.